The van der Waals surface area contributed by atoms with Crippen LogP contribution in [0, 0.1) is 0 Å². The fourth-order valence-electron chi connectivity index (χ4n) is 4.28. The van der Waals surface area contributed by atoms with Crippen LogP contribution in [0.4, 0.5) is 22.0 Å². The number of carbonyl (C=O) groups excluding carboxylic acids is 1. The molecule has 4 aromatic rings. The lowest BCUT2D eigenvalue weighted by molar-refractivity contribution is 0.262. The van der Waals surface area contributed by atoms with Gasteiger partial charge in [0.05, 0.1) is 5.39 Å². The molecule has 5 rings (SSSR count). The zero-order chi connectivity index (χ0) is 21.9. The Balaban J connectivity index is 0.00000144. The molecule has 1 aliphatic rings. The second kappa shape index (κ2) is 8.88. The van der Waals surface area contributed by atoms with Crippen LogP contribution < -0.4 is 15.5 Å². The Hall–Kier alpha value is -3.58. The van der Waals surface area contributed by atoms with Crippen LogP contribution in [-0.4, -0.2) is 34.1 Å². The minimum absolute atomic E-state index is 0. The highest BCUT2D eigenvalue weighted by molar-refractivity contribution is 6.30. The minimum atomic E-state index is -0.300. The van der Waals surface area contributed by atoms with Crippen molar-refractivity contribution in [1.29, 1.82) is 0 Å². The first kappa shape index (κ1) is 20.3. The zero-order valence-electron chi connectivity index (χ0n) is 17.4. The van der Waals surface area contributed by atoms with Crippen molar-refractivity contribution in [2.24, 2.45) is 0 Å². The fraction of sp³-hybridized carbons (Fsp3) is 0.208. The van der Waals surface area contributed by atoms with E-state index in [2.05, 4.69) is 42.6 Å². The molecule has 1 unspecified atom stereocenters. The van der Waals surface area contributed by atoms with Crippen molar-refractivity contribution in [2.45, 2.75) is 18.8 Å². The molecule has 0 spiro atoms. The lowest BCUT2D eigenvalue weighted by Crippen LogP contribution is -2.35. The highest BCUT2D eigenvalue weighted by Crippen LogP contribution is 2.32. The van der Waals surface area contributed by atoms with E-state index in [1.807, 2.05) is 24.4 Å². The molecule has 2 amide bonds. The van der Waals surface area contributed by atoms with E-state index in [9.17, 15) is 4.79 Å². The minimum Gasteiger partial charge on any atom is -0.355 e. The maximum atomic E-state index is 12.4. The number of fused-ring (bicyclic) bond motifs is 1. The molecule has 0 bridgehead atoms. The molecule has 32 heavy (non-hydrogen) atoms. The van der Waals surface area contributed by atoms with E-state index in [1.165, 1.54) is 5.56 Å². The third kappa shape index (κ3) is 4.38. The molecule has 2 aromatic carbocycles. The summed E-state index contributed by atoms with van der Waals surface area (Å²) in [7, 11) is 0. The summed E-state index contributed by atoms with van der Waals surface area (Å²) in [5, 5.41) is 7.35. The van der Waals surface area contributed by atoms with Crippen molar-refractivity contribution in [3.8, 4) is 0 Å². The number of halogens is 1. The van der Waals surface area contributed by atoms with Gasteiger partial charge in [-0.15, -0.1) is 0 Å². The van der Waals surface area contributed by atoms with E-state index >= 15 is 0 Å². The van der Waals surface area contributed by atoms with Crippen LogP contribution in [0.15, 0.2) is 67.1 Å². The van der Waals surface area contributed by atoms with Crippen molar-refractivity contribution >= 4 is 45.9 Å². The van der Waals surface area contributed by atoms with Crippen LogP contribution in [0.2, 0.25) is 5.02 Å². The van der Waals surface area contributed by atoms with Crippen molar-refractivity contribution < 1.29 is 9.07 Å². The number of hydrogen-bond donors (Lipinski definition) is 3. The van der Waals surface area contributed by atoms with Gasteiger partial charge in [-0.3, -0.25) is 0 Å². The fourth-order valence-corrected chi connectivity index (χ4v) is 4.47. The number of aromatic nitrogens is 3. The van der Waals surface area contributed by atoms with E-state index in [1.54, 1.807) is 30.6 Å². The number of benzene rings is 2. The van der Waals surface area contributed by atoms with Gasteiger partial charge in [0.25, 0.3) is 0 Å². The van der Waals surface area contributed by atoms with Gasteiger partial charge in [0.15, 0.2) is 0 Å². The van der Waals surface area contributed by atoms with Crippen LogP contribution in [-0.2, 0) is 0 Å². The van der Waals surface area contributed by atoms with Gasteiger partial charge in [-0.05, 0) is 54.8 Å². The van der Waals surface area contributed by atoms with Crippen molar-refractivity contribution in [3.63, 3.8) is 0 Å². The molecule has 1 fully saturated rings. The number of H-pyrrole nitrogens is 1. The largest absolute Gasteiger partial charge is 0.355 e. The first-order valence-electron chi connectivity index (χ1n) is 10.6. The van der Waals surface area contributed by atoms with E-state index in [-0.39, 0.29) is 10.3 Å². The molecule has 1 saturated heterocycles. The van der Waals surface area contributed by atoms with Gasteiger partial charge < -0.3 is 20.5 Å². The topological polar surface area (TPSA) is 85.9 Å². The summed E-state index contributed by atoms with van der Waals surface area (Å²) in [5.74, 6) is 1.32. The standard InChI is InChI=1S/C24H23ClN6O.3H2/c25-18-6-2-8-20(13-18)30-24(32)29-19-7-1-4-16(12-19)17-5-3-11-31(14-17)23-21-9-10-26-22(21)27-15-28-23;;;/h1-2,4,6-10,12-13,15,17H,3,5,11,14H2,(H,26,27,28)(H2,29,30,32);3*1H. The Labute approximate surface area is 195 Å². The van der Waals surface area contributed by atoms with Gasteiger partial charge in [-0.1, -0.05) is 29.8 Å². The first-order chi connectivity index (χ1) is 15.7. The summed E-state index contributed by atoms with van der Waals surface area (Å²) < 4.78 is 0. The van der Waals surface area contributed by atoms with Crippen molar-refractivity contribution in [2.75, 3.05) is 28.6 Å². The number of rotatable bonds is 4. The zero-order valence-corrected chi connectivity index (χ0v) is 18.1. The van der Waals surface area contributed by atoms with E-state index in [0.29, 0.717) is 16.6 Å². The molecule has 168 valence electrons. The summed E-state index contributed by atoms with van der Waals surface area (Å²) in [4.78, 5) is 26.8. The van der Waals surface area contributed by atoms with Gasteiger partial charge in [-0.25, -0.2) is 14.8 Å². The van der Waals surface area contributed by atoms with Crippen molar-refractivity contribution in [1.82, 2.24) is 15.0 Å². The molecule has 0 saturated carbocycles. The highest BCUT2D eigenvalue weighted by atomic mass is 35.5. The number of nitrogens with one attached hydrogen (secondary N) is 3. The molecule has 0 aliphatic carbocycles. The Morgan fingerprint density at radius 3 is 2.75 bits per heavy atom. The third-order valence-corrected chi connectivity index (χ3v) is 5.99. The van der Waals surface area contributed by atoms with Gasteiger partial charge >= 0.3 is 6.03 Å². The van der Waals surface area contributed by atoms with Gasteiger partial charge in [0.2, 0.25) is 0 Å². The van der Waals surface area contributed by atoms with Crippen molar-refractivity contribution in [3.05, 3.63) is 77.7 Å². The number of piperidine rings is 1. The lowest BCUT2D eigenvalue weighted by atomic mass is 9.90. The van der Waals surface area contributed by atoms with E-state index in [4.69, 9.17) is 11.6 Å². The Bertz CT molecular complexity index is 1270. The quantitative estimate of drug-likeness (QED) is 0.335. The number of anilines is 3. The van der Waals surface area contributed by atoms with Gasteiger partial charge in [0.1, 0.15) is 17.8 Å². The predicted octanol–water partition coefficient (Wildman–Crippen LogP) is 6.38. The number of carbonyl (C=O) groups is 1. The summed E-state index contributed by atoms with van der Waals surface area (Å²) in [6.45, 7) is 1.84. The first-order valence-corrected chi connectivity index (χ1v) is 11.0. The van der Waals surface area contributed by atoms with Gasteiger partial charge in [0, 0.05) is 45.9 Å². The number of nitrogens with zero attached hydrogens (tertiary/aromatic N) is 3. The molecule has 2 aromatic heterocycles. The summed E-state index contributed by atoms with van der Waals surface area (Å²) >= 11 is 5.99. The molecule has 0 radical (unpaired) electrons. The smallest absolute Gasteiger partial charge is 0.323 e. The molecule has 1 aliphatic heterocycles. The predicted molar refractivity (Wildman–Crippen MR) is 135 cm³/mol. The van der Waals surface area contributed by atoms with Crippen LogP contribution in [0.3, 0.4) is 0 Å². The van der Waals surface area contributed by atoms with Crippen LogP contribution in [0.25, 0.3) is 11.0 Å². The maximum Gasteiger partial charge on any atom is 0.323 e. The SMILES string of the molecule is O=C(Nc1cccc(Cl)c1)Nc1cccc(C2CCCN(c3ncnc4[nH]ccc34)C2)c1.[HH].[HH].[HH]. The Morgan fingerprint density at radius 2 is 1.91 bits per heavy atom. The molecule has 3 heterocycles. The number of amides is 2. The number of aromatic amines is 1. The second-order valence-corrected chi connectivity index (χ2v) is 8.37. The maximum absolute atomic E-state index is 12.4. The van der Waals surface area contributed by atoms with Crippen LogP contribution in [0.5, 0.6) is 0 Å². The Kier molecular flexibility index (Phi) is 5.64. The number of hydrogen-bond acceptors (Lipinski definition) is 4. The normalized spacial score (nSPS) is 16.2. The average molecular weight is 453 g/mol. The summed E-state index contributed by atoms with van der Waals surface area (Å²) in [6.07, 6.45) is 5.68. The Morgan fingerprint density at radius 1 is 1.09 bits per heavy atom. The molecular weight excluding hydrogens is 424 g/mol. The molecule has 8 heteroatoms. The number of urea groups is 1. The monoisotopic (exact) mass is 452 g/mol. The summed E-state index contributed by atoms with van der Waals surface area (Å²) in [5.41, 5.74) is 3.47. The molecule has 7 nitrogen and oxygen atoms in total. The molecular formula is C24H29ClN6O. The van der Waals surface area contributed by atoms with Gasteiger partial charge in [-0.2, -0.15) is 0 Å². The average Bonchev–Trinajstić information content (AvgIpc) is 3.28. The lowest BCUT2D eigenvalue weighted by Gasteiger charge is -2.34. The van der Waals surface area contributed by atoms with Crippen LogP contribution in [0.1, 0.15) is 28.6 Å². The molecule has 3 N–H and O–H groups in total. The van der Waals surface area contributed by atoms with E-state index in [0.717, 1.165) is 48.5 Å². The summed E-state index contributed by atoms with van der Waals surface area (Å²) in [6, 6.07) is 16.9. The second-order valence-electron chi connectivity index (χ2n) is 7.94. The third-order valence-electron chi connectivity index (χ3n) is 5.75. The molecule has 1 atom stereocenters. The van der Waals surface area contributed by atoms with E-state index < -0.39 is 0 Å². The highest BCUT2D eigenvalue weighted by Gasteiger charge is 2.24. The van der Waals surface area contributed by atoms with Crippen LogP contribution >= 0.6 is 11.6 Å².